The van der Waals surface area contributed by atoms with Crippen LogP contribution in [-0.4, -0.2) is 53.5 Å². The molecular weight excluding hydrogens is 406 g/mol. The first-order valence-corrected chi connectivity index (χ1v) is 11.1. The second-order valence-electron chi connectivity index (χ2n) is 8.05. The molecule has 1 amide bonds. The fraction of sp³-hybridized carbons (Fsp3) is 0.391. The first kappa shape index (κ1) is 20.3. The maximum Gasteiger partial charge on any atom is 0.274 e. The monoisotopic (exact) mass is 431 g/mol. The molecule has 3 heterocycles. The van der Waals surface area contributed by atoms with Gasteiger partial charge in [0.05, 0.1) is 24.9 Å². The Balaban J connectivity index is 1.57. The lowest BCUT2D eigenvalue weighted by Gasteiger charge is -2.34. The van der Waals surface area contributed by atoms with Gasteiger partial charge in [-0.1, -0.05) is 19.3 Å². The summed E-state index contributed by atoms with van der Waals surface area (Å²) in [7, 11) is 0. The molecule has 9 heteroatoms. The van der Waals surface area contributed by atoms with Gasteiger partial charge in [0, 0.05) is 29.4 Å². The van der Waals surface area contributed by atoms with Crippen LogP contribution in [0.4, 0.5) is 0 Å². The van der Waals surface area contributed by atoms with Crippen LogP contribution in [0.2, 0.25) is 0 Å². The van der Waals surface area contributed by atoms with Crippen molar-refractivity contribution in [3.8, 4) is 5.75 Å². The molecule has 9 nitrogen and oxygen atoms in total. The molecule has 1 aromatic carbocycles. The van der Waals surface area contributed by atoms with Crippen LogP contribution in [0.5, 0.6) is 5.75 Å². The van der Waals surface area contributed by atoms with Crippen LogP contribution >= 0.6 is 0 Å². The quantitative estimate of drug-likeness (QED) is 0.461. The zero-order valence-corrected chi connectivity index (χ0v) is 18.0. The maximum atomic E-state index is 13.5. The van der Waals surface area contributed by atoms with Crippen LogP contribution < -0.4 is 4.74 Å². The van der Waals surface area contributed by atoms with Crippen molar-refractivity contribution in [1.82, 2.24) is 34.9 Å². The number of nitrogens with zero attached hydrogens (tertiary/aromatic N) is 7. The van der Waals surface area contributed by atoms with E-state index in [4.69, 9.17) is 4.74 Å². The summed E-state index contributed by atoms with van der Waals surface area (Å²) in [6.45, 7) is 2.95. The molecule has 1 saturated carbocycles. The Labute approximate surface area is 185 Å². The number of ether oxygens (including phenoxy) is 1. The second kappa shape index (κ2) is 8.86. The normalized spacial score (nSPS) is 14.7. The van der Waals surface area contributed by atoms with Crippen molar-refractivity contribution in [1.29, 1.82) is 0 Å². The van der Waals surface area contributed by atoms with Crippen LogP contribution in [0.25, 0.3) is 16.6 Å². The summed E-state index contributed by atoms with van der Waals surface area (Å²) in [5.74, 6) is 0.678. The fourth-order valence-electron chi connectivity index (χ4n) is 4.52. The van der Waals surface area contributed by atoms with Gasteiger partial charge in [0.1, 0.15) is 11.4 Å². The van der Waals surface area contributed by atoms with Gasteiger partial charge in [-0.2, -0.15) is 4.52 Å². The highest BCUT2D eigenvalue weighted by Crippen LogP contribution is 2.28. The summed E-state index contributed by atoms with van der Waals surface area (Å²) in [6.07, 6.45) is 10.1. The summed E-state index contributed by atoms with van der Waals surface area (Å²) in [4.78, 5) is 23.7. The highest BCUT2D eigenvalue weighted by atomic mass is 16.5. The standard InChI is InChI=1S/C23H25N7O2/c1-2-32-19-8-9-21-16(13-19)12-17(22-26-27-28-30(21)22)15-29(18-6-4-3-5-7-18)23(31)20-14-24-10-11-25-20/h8-14,18H,2-7,15H2,1H3. The average molecular weight is 432 g/mol. The van der Waals surface area contributed by atoms with Crippen molar-refractivity contribution in [3.05, 3.63) is 54.1 Å². The molecule has 32 heavy (non-hydrogen) atoms. The number of pyridine rings is 1. The molecule has 3 aromatic heterocycles. The Morgan fingerprint density at radius 3 is 2.84 bits per heavy atom. The first-order chi connectivity index (χ1) is 15.7. The molecule has 1 aliphatic rings. The van der Waals surface area contributed by atoms with E-state index >= 15 is 0 Å². The van der Waals surface area contributed by atoms with Crippen molar-refractivity contribution in [2.24, 2.45) is 0 Å². The SMILES string of the molecule is CCOc1ccc2c(c1)cc(CN(C(=O)c1cnccn1)C1CCCCC1)c1nnnn12. The summed E-state index contributed by atoms with van der Waals surface area (Å²) >= 11 is 0. The molecule has 0 spiro atoms. The predicted octanol–water partition coefficient (Wildman–Crippen LogP) is 3.44. The summed E-state index contributed by atoms with van der Waals surface area (Å²) in [5.41, 5.74) is 2.78. The number of hydrogen-bond donors (Lipinski definition) is 0. The zero-order chi connectivity index (χ0) is 21.9. The van der Waals surface area contributed by atoms with Gasteiger partial charge in [-0.25, -0.2) is 4.98 Å². The zero-order valence-electron chi connectivity index (χ0n) is 18.0. The minimum Gasteiger partial charge on any atom is -0.494 e. The Hall–Kier alpha value is -3.62. The summed E-state index contributed by atoms with van der Waals surface area (Å²) in [5, 5.41) is 13.3. The number of tetrazole rings is 1. The molecule has 0 bridgehead atoms. The number of fused-ring (bicyclic) bond motifs is 3. The minimum absolute atomic E-state index is 0.112. The number of carbonyl (C=O) groups is 1. The lowest BCUT2D eigenvalue weighted by Crippen LogP contribution is -2.41. The molecule has 0 saturated heterocycles. The third kappa shape index (κ3) is 3.86. The van der Waals surface area contributed by atoms with Crippen LogP contribution in [0.3, 0.4) is 0 Å². The van der Waals surface area contributed by atoms with E-state index < -0.39 is 0 Å². The van der Waals surface area contributed by atoms with E-state index in [1.54, 1.807) is 16.9 Å². The lowest BCUT2D eigenvalue weighted by molar-refractivity contribution is 0.0608. The highest BCUT2D eigenvalue weighted by Gasteiger charge is 2.28. The van der Waals surface area contributed by atoms with E-state index in [1.807, 2.05) is 30.0 Å². The van der Waals surface area contributed by atoms with Gasteiger partial charge < -0.3 is 9.64 Å². The number of aromatic nitrogens is 6. The van der Waals surface area contributed by atoms with Gasteiger partial charge >= 0.3 is 0 Å². The van der Waals surface area contributed by atoms with Crippen molar-refractivity contribution in [3.63, 3.8) is 0 Å². The van der Waals surface area contributed by atoms with Crippen molar-refractivity contribution in [2.75, 3.05) is 6.61 Å². The Morgan fingerprint density at radius 1 is 1.19 bits per heavy atom. The summed E-state index contributed by atoms with van der Waals surface area (Å²) < 4.78 is 7.41. The van der Waals surface area contributed by atoms with E-state index in [0.29, 0.717) is 24.5 Å². The third-order valence-electron chi connectivity index (χ3n) is 6.02. The number of amides is 1. The van der Waals surface area contributed by atoms with Crippen molar-refractivity contribution >= 4 is 22.5 Å². The second-order valence-corrected chi connectivity index (χ2v) is 8.05. The van der Waals surface area contributed by atoms with E-state index in [-0.39, 0.29) is 11.9 Å². The molecule has 0 unspecified atom stereocenters. The molecular formula is C23H25N7O2. The molecule has 4 aromatic rings. The molecule has 0 radical (unpaired) electrons. The Kier molecular flexibility index (Phi) is 5.62. The van der Waals surface area contributed by atoms with Gasteiger partial charge in [-0.05, 0) is 54.5 Å². The van der Waals surface area contributed by atoms with Crippen molar-refractivity contribution in [2.45, 2.75) is 51.6 Å². The fourth-order valence-corrected chi connectivity index (χ4v) is 4.52. The number of carbonyl (C=O) groups excluding carboxylic acids is 1. The number of benzene rings is 1. The largest absolute Gasteiger partial charge is 0.494 e. The smallest absolute Gasteiger partial charge is 0.274 e. The Morgan fingerprint density at radius 2 is 2.06 bits per heavy atom. The molecule has 0 atom stereocenters. The first-order valence-electron chi connectivity index (χ1n) is 11.1. The molecule has 1 aliphatic carbocycles. The van der Waals surface area contributed by atoms with E-state index in [0.717, 1.165) is 47.9 Å². The third-order valence-corrected chi connectivity index (χ3v) is 6.02. The topological polar surface area (TPSA) is 98.4 Å². The highest BCUT2D eigenvalue weighted by molar-refractivity contribution is 5.92. The molecule has 1 fully saturated rings. The predicted molar refractivity (Wildman–Crippen MR) is 118 cm³/mol. The molecule has 0 N–H and O–H groups in total. The van der Waals surface area contributed by atoms with Crippen LogP contribution in [0.1, 0.15) is 55.1 Å². The van der Waals surface area contributed by atoms with Gasteiger partial charge in [0.15, 0.2) is 5.65 Å². The lowest BCUT2D eigenvalue weighted by atomic mass is 9.93. The van der Waals surface area contributed by atoms with Crippen LogP contribution in [0, 0.1) is 0 Å². The van der Waals surface area contributed by atoms with Crippen LogP contribution in [0.15, 0.2) is 42.9 Å². The maximum absolute atomic E-state index is 13.5. The molecule has 5 rings (SSSR count). The van der Waals surface area contributed by atoms with E-state index in [2.05, 4.69) is 31.6 Å². The summed E-state index contributed by atoms with van der Waals surface area (Å²) in [6, 6.07) is 8.07. The molecule has 0 aliphatic heterocycles. The molecule has 164 valence electrons. The van der Waals surface area contributed by atoms with Crippen molar-refractivity contribution < 1.29 is 9.53 Å². The van der Waals surface area contributed by atoms with Gasteiger partial charge in [0.25, 0.3) is 5.91 Å². The van der Waals surface area contributed by atoms with Crippen LogP contribution in [-0.2, 0) is 6.54 Å². The number of hydrogen-bond acceptors (Lipinski definition) is 7. The number of rotatable bonds is 6. The average Bonchev–Trinajstić information content (AvgIpc) is 3.34. The minimum atomic E-state index is -0.112. The van der Waals surface area contributed by atoms with Gasteiger partial charge in [-0.3, -0.25) is 9.78 Å². The van der Waals surface area contributed by atoms with E-state index in [9.17, 15) is 4.79 Å². The van der Waals surface area contributed by atoms with Gasteiger partial charge in [-0.15, -0.1) is 5.10 Å². The van der Waals surface area contributed by atoms with E-state index in [1.165, 1.54) is 12.6 Å². The Bertz CT molecular complexity index is 1240. The van der Waals surface area contributed by atoms with Gasteiger partial charge in [0.2, 0.25) is 0 Å².